The van der Waals surface area contributed by atoms with E-state index in [-0.39, 0.29) is 47.6 Å². The standard InChI is InChI=1S/C26H40N2O4S/c1-9-12-28(8)23(30)15(2)17-10-11-26(7)13-18-21(16(3)20(26)22(17)29)27-19(33-18)14-32-24(31)25(4,5)6/h9,15-17,20,22,29H,1,10-14H2,2-8H3/t15-,16-,17+,20+,22-,26-/m0/s1. The molecule has 0 aliphatic heterocycles. The maximum absolute atomic E-state index is 12.9. The van der Waals surface area contributed by atoms with Crippen molar-refractivity contribution in [3.8, 4) is 0 Å². The van der Waals surface area contributed by atoms with Crippen LogP contribution in [0.25, 0.3) is 0 Å². The minimum Gasteiger partial charge on any atom is -0.458 e. The van der Waals surface area contributed by atoms with Crippen molar-refractivity contribution in [3.63, 3.8) is 0 Å². The maximum Gasteiger partial charge on any atom is 0.311 e. The van der Waals surface area contributed by atoms with Crippen LogP contribution in [0.2, 0.25) is 0 Å². The number of hydrogen-bond acceptors (Lipinski definition) is 6. The summed E-state index contributed by atoms with van der Waals surface area (Å²) in [6.45, 7) is 16.3. The van der Waals surface area contributed by atoms with E-state index in [4.69, 9.17) is 9.72 Å². The third-order valence-electron chi connectivity index (χ3n) is 7.72. The Hall–Kier alpha value is -1.73. The van der Waals surface area contributed by atoms with Crippen LogP contribution in [0.4, 0.5) is 0 Å². The van der Waals surface area contributed by atoms with Crippen LogP contribution in [-0.4, -0.2) is 46.6 Å². The van der Waals surface area contributed by atoms with Gasteiger partial charge < -0.3 is 14.7 Å². The van der Waals surface area contributed by atoms with E-state index in [1.54, 1.807) is 29.4 Å². The number of aromatic nitrogens is 1. The summed E-state index contributed by atoms with van der Waals surface area (Å²) in [6.07, 6.45) is 3.83. The molecular weight excluding hydrogens is 436 g/mol. The first-order chi connectivity index (χ1) is 15.3. The van der Waals surface area contributed by atoms with Crippen molar-refractivity contribution in [2.75, 3.05) is 13.6 Å². The SMILES string of the molecule is C=CCN(C)C(=O)[C@@H](C)[C@H]1CC[C@@]2(C)Cc3sc(COC(=O)C(C)(C)C)nc3[C@@H](C)[C@@H]2[C@H]1O. The van der Waals surface area contributed by atoms with Gasteiger partial charge in [0.25, 0.3) is 0 Å². The van der Waals surface area contributed by atoms with E-state index in [9.17, 15) is 14.7 Å². The van der Waals surface area contributed by atoms with Gasteiger partial charge in [-0.1, -0.05) is 26.8 Å². The molecule has 0 bridgehead atoms. The molecule has 184 valence electrons. The lowest BCUT2D eigenvalue weighted by molar-refractivity contribution is -0.154. The molecule has 0 unspecified atom stereocenters. The van der Waals surface area contributed by atoms with E-state index in [2.05, 4.69) is 20.4 Å². The highest BCUT2D eigenvalue weighted by atomic mass is 32.1. The molecule has 1 heterocycles. The number of fused-ring (bicyclic) bond motifs is 2. The lowest BCUT2D eigenvalue weighted by Crippen LogP contribution is -2.53. The number of nitrogens with zero attached hydrogens (tertiary/aromatic N) is 2. The van der Waals surface area contributed by atoms with Gasteiger partial charge in [-0.2, -0.15) is 0 Å². The Kier molecular flexibility index (Phi) is 7.45. The number of ether oxygens (including phenoxy) is 1. The molecule has 1 N–H and O–H groups in total. The molecule has 0 spiro atoms. The van der Waals surface area contributed by atoms with Gasteiger partial charge in [-0.3, -0.25) is 9.59 Å². The van der Waals surface area contributed by atoms with Crippen molar-refractivity contribution >= 4 is 23.2 Å². The lowest BCUT2D eigenvalue weighted by atomic mass is 9.53. The summed E-state index contributed by atoms with van der Waals surface area (Å²) in [5, 5.41) is 12.4. The monoisotopic (exact) mass is 476 g/mol. The average Bonchev–Trinajstić information content (AvgIpc) is 3.13. The molecule has 0 radical (unpaired) electrons. The fourth-order valence-electron chi connectivity index (χ4n) is 5.82. The topological polar surface area (TPSA) is 79.7 Å². The normalized spacial score (nSPS) is 30.1. The van der Waals surface area contributed by atoms with Gasteiger partial charge in [0.1, 0.15) is 11.6 Å². The second-order valence-corrected chi connectivity index (χ2v) is 12.5. The van der Waals surface area contributed by atoms with Crippen molar-refractivity contribution in [1.29, 1.82) is 0 Å². The number of amides is 1. The minimum absolute atomic E-state index is 0.0377. The third kappa shape index (κ3) is 5.04. The molecule has 6 atom stereocenters. The molecule has 1 amide bonds. The van der Waals surface area contributed by atoms with Crippen LogP contribution in [0.3, 0.4) is 0 Å². The predicted octanol–water partition coefficient (Wildman–Crippen LogP) is 4.57. The van der Waals surface area contributed by atoms with Gasteiger partial charge in [0.2, 0.25) is 5.91 Å². The zero-order valence-corrected chi connectivity index (χ0v) is 22.0. The maximum atomic E-state index is 12.9. The zero-order valence-electron chi connectivity index (χ0n) is 21.2. The fraction of sp³-hybridized carbons (Fsp3) is 0.731. The second-order valence-electron chi connectivity index (χ2n) is 11.4. The van der Waals surface area contributed by atoms with Crippen LogP contribution in [0.15, 0.2) is 12.7 Å². The first kappa shape index (κ1) is 25.9. The van der Waals surface area contributed by atoms with Gasteiger partial charge in [0.15, 0.2) is 0 Å². The Labute approximate surface area is 202 Å². The highest BCUT2D eigenvalue weighted by Gasteiger charge is 2.54. The number of esters is 1. The minimum atomic E-state index is -0.563. The highest BCUT2D eigenvalue weighted by molar-refractivity contribution is 7.11. The average molecular weight is 477 g/mol. The molecule has 7 heteroatoms. The van der Waals surface area contributed by atoms with E-state index >= 15 is 0 Å². The molecule has 2 aliphatic carbocycles. The summed E-state index contributed by atoms with van der Waals surface area (Å²) < 4.78 is 5.50. The van der Waals surface area contributed by atoms with Crippen molar-refractivity contribution in [2.45, 2.75) is 79.4 Å². The Balaban J connectivity index is 1.79. The van der Waals surface area contributed by atoms with Crippen molar-refractivity contribution < 1.29 is 19.4 Å². The smallest absolute Gasteiger partial charge is 0.311 e. The molecule has 1 saturated carbocycles. The van der Waals surface area contributed by atoms with Gasteiger partial charge in [-0.05, 0) is 57.3 Å². The first-order valence-electron chi connectivity index (χ1n) is 12.0. The molecule has 1 aromatic heterocycles. The van der Waals surface area contributed by atoms with Crippen LogP contribution >= 0.6 is 11.3 Å². The van der Waals surface area contributed by atoms with Crippen LogP contribution in [-0.2, 0) is 27.4 Å². The Morgan fingerprint density at radius 2 is 2.09 bits per heavy atom. The van der Waals surface area contributed by atoms with Crippen molar-refractivity contribution in [2.24, 2.45) is 28.6 Å². The number of aliphatic hydroxyl groups is 1. The molecule has 1 aromatic rings. The Morgan fingerprint density at radius 3 is 2.70 bits per heavy atom. The van der Waals surface area contributed by atoms with E-state index < -0.39 is 11.5 Å². The van der Waals surface area contributed by atoms with E-state index in [1.165, 1.54) is 4.88 Å². The molecule has 1 fully saturated rings. The van der Waals surface area contributed by atoms with Gasteiger partial charge in [0.05, 0.1) is 17.2 Å². The Bertz CT molecular complexity index is 905. The number of aliphatic hydroxyl groups excluding tert-OH is 1. The number of carbonyl (C=O) groups excluding carboxylic acids is 2. The molecule has 3 rings (SSSR count). The summed E-state index contributed by atoms with van der Waals surface area (Å²) >= 11 is 1.63. The number of hydrogen-bond donors (Lipinski definition) is 1. The third-order valence-corrected chi connectivity index (χ3v) is 8.76. The fourth-order valence-corrected chi connectivity index (χ4v) is 7.10. The highest BCUT2D eigenvalue weighted by Crippen LogP contribution is 2.57. The van der Waals surface area contributed by atoms with Gasteiger partial charge in [-0.25, -0.2) is 4.98 Å². The Morgan fingerprint density at radius 1 is 1.42 bits per heavy atom. The van der Waals surface area contributed by atoms with Crippen LogP contribution in [0, 0.1) is 28.6 Å². The van der Waals surface area contributed by atoms with E-state index in [0.717, 1.165) is 30.0 Å². The summed E-state index contributed by atoms with van der Waals surface area (Å²) in [4.78, 5) is 32.9. The summed E-state index contributed by atoms with van der Waals surface area (Å²) in [6, 6.07) is 0. The molecule has 33 heavy (non-hydrogen) atoms. The zero-order chi connectivity index (χ0) is 24.7. The summed E-state index contributed by atoms with van der Waals surface area (Å²) in [5.41, 5.74) is 0.440. The van der Waals surface area contributed by atoms with Crippen LogP contribution < -0.4 is 0 Å². The lowest BCUT2D eigenvalue weighted by Gasteiger charge is -2.53. The largest absolute Gasteiger partial charge is 0.458 e. The van der Waals surface area contributed by atoms with Crippen LogP contribution in [0.1, 0.15) is 75.9 Å². The molecule has 0 aromatic carbocycles. The van der Waals surface area contributed by atoms with Crippen LogP contribution in [0.5, 0.6) is 0 Å². The molecular formula is C26H40N2O4S. The quantitative estimate of drug-likeness (QED) is 0.481. The number of rotatable bonds is 6. The summed E-state index contributed by atoms with van der Waals surface area (Å²) in [7, 11) is 1.79. The second kappa shape index (κ2) is 9.49. The number of likely N-dealkylation sites (N-methyl/N-ethyl adjacent to an activating group) is 1. The number of carbonyl (C=O) groups is 2. The number of thiazole rings is 1. The van der Waals surface area contributed by atoms with Gasteiger partial charge in [-0.15, -0.1) is 17.9 Å². The predicted molar refractivity (Wildman–Crippen MR) is 131 cm³/mol. The van der Waals surface area contributed by atoms with Crippen molar-refractivity contribution in [1.82, 2.24) is 9.88 Å². The first-order valence-corrected chi connectivity index (χ1v) is 12.8. The molecule has 6 nitrogen and oxygen atoms in total. The van der Waals surface area contributed by atoms with Gasteiger partial charge in [0, 0.05) is 30.3 Å². The molecule has 2 aliphatic rings. The summed E-state index contributed by atoms with van der Waals surface area (Å²) in [5.74, 6) is -0.376. The van der Waals surface area contributed by atoms with Gasteiger partial charge >= 0.3 is 5.97 Å². The van der Waals surface area contributed by atoms with E-state index in [0.29, 0.717) is 6.54 Å². The van der Waals surface area contributed by atoms with E-state index in [1.807, 2.05) is 27.7 Å². The molecule has 0 saturated heterocycles. The van der Waals surface area contributed by atoms with Crippen molar-refractivity contribution in [3.05, 3.63) is 28.2 Å².